The Bertz CT molecular complexity index is 197. The van der Waals surface area contributed by atoms with Crippen LogP contribution in [0.4, 0.5) is 0 Å². The van der Waals surface area contributed by atoms with Crippen molar-refractivity contribution < 1.29 is 5.11 Å². The van der Waals surface area contributed by atoms with Gasteiger partial charge in [0.2, 0.25) is 0 Å². The first-order valence-electron chi connectivity index (χ1n) is 4.68. The molecule has 0 heterocycles. The summed E-state index contributed by atoms with van der Waals surface area (Å²) < 4.78 is 0. The molecule has 0 aromatic carbocycles. The van der Waals surface area contributed by atoms with Crippen molar-refractivity contribution >= 4 is 0 Å². The maximum Gasteiger partial charge on any atom is 0.0802 e. The monoisotopic (exact) mass is 167 g/mol. The fourth-order valence-corrected chi connectivity index (χ4v) is 2.08. The molecule has 1 rings (SSSR count). The number of nitriles is 1. The first-order valence-corrected chi connectivity index (χ1v) is 4.68. The highest BCUT2D eigenvalue weighted by Gasteiger charge is 2.37. The second-order valence-electron chi connectivity index (χ2n) is 4.22. The zero-order valence-corrected chi connectivity index (χ0v) is 7.88. The molecule has 1 aliphatic rings. The number of aliphatic hydroxyl groups is 1. The van der Waals surface area contributed by atoms with Crippen LogP contribution in [0.15, 0.2) is 0 Å². The number of hydrogen-bond acceptors (Lipinski definition) is 2. The lowest BCUT2D eigenvalue weighted by Gasteiger charge is -2.39. The van der Waals surface area contributed by atoms with Gasteiger partial charge in [-0.3, -0.25) is 0 Å². The lowest BCUT2D eigenvalue weighted by atomic mass is 9.71. The molecule has 2 heteroatoms. The second-order valence-corrected chi connectivity index (χ2v) is 4.22. The summed E-state index contributed by atoms with van der Waals surface area (Å²) in [6.07, 6.45) is 3.20. The van der Waals surface area contributed by atoms with Crippen molar-refractivity contribution in [1.29, 1.82) is 5.26 Å². The van der Waals surface area contributed by atoms with Crippen LogP contribution in [0.3, 0.4) is 0 Å². The molecule has 0 bridgehead atoms. The fraction of sp³-hybridized carbons (Fsp3) is 0.900. The van der Waals surface area contributed by atoms with Gasteiger partial charge in [0.05, 0.1) is 18.1 Å². The molecule has 0 aromatic rings. The summed E-state index contributed by atoms with van der Waals surface area (Å²) >= 11 is 0. The average Bonchev–Trinajstić information content (AvgIpc) is 1.99. The molecule has 3 unspecified atom stereocenters. The fourth-order valence-electron chi connectivity index (χ4n) is 2.08. The van der Waals surface area contributed by atoms with E-state index in [0.29, 0.717) is 12.3 Å². The summed E-state index contributed by atoms with van der Waals surface area (Å²) in [7, 11) is 0. The van der Waals surface area contributed by atoms with E-state index in [9.17, 15) is 5.11 Å². The van der Waals surface area contributed by atoms with Crippen molar-refractivity contribution in [2.45, 2.75) is 45.1 Å². The van der Waals surface area contributed by atoms with Crippen LogP contribution in [0.5, 0.6) is 0 Å². The van der Waals surface area contributed by atoms with Crippen LogP contribution in [0, 0.1) is 23.2 Å². The van der Waals surface area contributed by atoms with E-state index < -0.39 is 5.60 Å². The summed E-state index contributed by atoms with van der Waals surface area (Å²) in [6.45, 7) is 4.26. The van der Waals surface area contributed by atoms with E-state index in [4.69, 9.17) is 5.26 Å². The number of rotatable bonds is 1. The second kappa shape index (κ2) is 3.45. The molecule has 3 atom stereocenters. The number of hydrogen-bond donors (Lipinski definition) is 1. The van der Waals surface area contributed by atoms with Crippen LogP contribution in [-0.2, 0) is 0 Å². The molecule has 0 radical (unpaired) electrons. The molecule has 1 aliphatic carbocycles. The van der Waals surface area contributed by atoms with Gasteiger partial charge in [0.1, 0.15) is 0 Å². The van der Waals surface area contributed by atoms with E-state index in [1.807, 2.05) is 6.92 Å². The Labute approximate surface area is 74.2 Å². The Morgan fingerprint density at radius 2 is 2.25 bits per heavy atom. The lowest BCUT2D eigenvalue weighted by Crippen LogP contribution is -2.40. The SMILES string of the molecule is CC1CCC(O)(CC#N)C(C)C1. The van der Waals surface area contributed by atoms with Crippen LogP contribution in [0.2, 0.25) is 0 Å². The molecule has 0 aromatic heterocycles. The van der Waals surface area contributed by atoms with E-state index in [1.165, 1.54) is 0 Å². The minimum atomic E-state index is -0.693. The lowest BCUT2D eigenvalue weighted by molar-refractivity contribution is -0.0487. The van der Waals surface area contributed by atoms with Gasteiger partial charge in [-0.2, -0.15) is 5.26 Å². The molecular weight excluding hydrogens is 150 g/mol. The van der Waals surface area contributed by atoms with Gasteiger partial charge in [0, 0.05) is 0 Å². The van der Waals surface area contributed by atoms with Gasteiger partial charge >= 0.3 is 0 Å². The van der Waals surface area contributed by atoms with E-state index in [-0.39, 0.29) is 5.92 Å². The van der Waals surface area contributed by atoms with E-state index in [1.54, 1.807) is 0 Å². The average molecular weight is 167 g/mol. The van der Waals surface area contributed by atoms with Crippen LogP contribution in [0.25, 0.3) is 0 Å². The third-order valence-electron chi connectivity index (χ3n) is 3.13. The summed E-state index contributed by atoms with van der Waals surface area (Å²) in [5, 5.41) is 18.6. The van der Waals surface area contributed by atoms with E-state index >= 15 is 0 Å². The molecule has 1 fully saturated rings. The van der Waals surface area contributed by atoms with Crippen molar-refractivity contribution in [1.82, 2.24) is 0 Å². The Kier molecular flexibility index (Phi) is 2.74. The predicted octanol–water partition coefficient (Wildman–Crippen LogP) is 2.09. The zero-order valence-electron chi connectivity index (χ0n) is 7.88. The molecule has 0 spiro atoms. The Balaban J connectivity index is 2.61. The van der Waals surface area contributed by atoms with Crippen molar-refractivity contribution in [3.63, 3.8) is 0 Å². The van der Waals surface area contributed by atoms with Crippen LogP contribution in [0.1, 0.15) is 39.5 Å². The quantitative estimate of drug-likeness (QED) is 0.649. The Hall–Kier alpha value is -0.550. The Morgan fingerprint density at radius 3 is 2.75 bits per heavy atom. The van der Waals surface area contributed by atoms with Gasteiger partial charge in [-0.05, 0) is 31.1 Å². The smallest absolute Gasteiger partial charge is 0.0802 e. The van der Waals surface area contributed by atoms with Gasteiger partial charge in [-0.15, -0.1) is 0 Å². The summed E-state index contributed by atoms with van der Waals surface area (Å²) in [4.78, 5) is 0. The third-order valence-corrected chi connectivity index (χ3v) is 3.13. The van der Waals surface area contributed by atoms with E-state index in [0.717, 1.165) is 19.3 Å². The number of nitrogens with zero attached hydrogens (tertiary/aromatic N) is 1. The van der Waals surface area contributed by atoms with Gasteiger partial charge in [0.15, 0.2) is 0 Å². The van der Waals surface area contributed by atoms with Gasteiger partial charge in [-0.1, -0.05) is 13.8 Å². The molecule has 1 N–H and O–H groups in total. The van der Waals surface area contributed by atoms with Gasteiger partial charge < -0.3 is 5.11 Å². The van der Waals surface area contributed by atoms with Crippen LogP contribution < -0.4 is 0 Å². The van der Waals surface area contributed by atoms with Crippen molar-refractivity contribution in [2.75, 3.05) is 0 Å². The molecule has 68 valence electrons. The minimum Gasteiger partial charge on any atom is -0.389 e. The van der Waals surface area contributed by atoms with Gasteiger partial charge in [0.25, 0.3) is 0 Å². The van der Waals surface area contributed by atoms with Crippen LogP contribution in [-0.4, -0.2) is 10.7 Å². The van der Waals surface area contributed by atoms with Crippen molar-refractivity contribution in [3.05, 3.63) is 0 Å². The highest BCUT2D eigenvalue weighted by molar-refractivity contribution is 4.95. The summed E-state index contributed by atoms with van der Waals surface area (Å²) in [5.41, 5.74) is -0.693. The molecule has 1 saturated carbocycles. The first-order chi connectivity index (χ1) is 5.58. The highest BCUT2D eigenvalue weighted by atomic mass is 16.3. The summed E-state index contributed by atoms with van der Waals surface area (Å²) in [6, 6.07) is 2.07. The summed E-state index contributed by atoms with van der Waals surface area (Å²) in [5.74, 6) is 0.986. The van der Waals surface area contributed by atoms with Crippen molar-refractivity contribution in [2.24, 2.45) is 11.8 Å². The minimum absolute atomic E-state index is 0.279. The Morgan fingerprint density at radius 1 is 1.58 bits per heavy atom. The topological polar surface area (TPSA) is 44.0 Å². The molecule has 0 saturated heterocycles. The maximum atomic E-state index is 10.0. The molecule has 12 heavy (non-hydrogen) atoms. The molecule has 0 aliphatic heterocycles. The highest BCUT2D eigenvalue weighted by Crippen LogP contribution is 2.38. The van der Waals surface area contributed by atoms with Crippen molar-refractivity contribution in [3.8, 4) is 6.07 Å². The predicted molar refractivity (Wildman–Crippen MR) is 47.4 cm³/mol. The first kappa shape index (κ1) is 9.54. The largest absolute Gasteiger partial charge is 0.389 e. The van der Waals surface area contributed by atoms with E-state index in [2.05, 4.69) is 13.0 Å². The van der Waals surface area contributed by atoms with Crippen LogP contribution >= 0.6 is 0 Å². The normalized spacial score (nSPS) is 42.2. The molecule has 2 nitrogen and oxygen atoms in total. The standard InChI is InChI=1S/C10H17NO/c1-8-3-4-10(12,5-6-11)9(2)7-8/h8-9,12H,3-5,7H2,1-2H3. The van der Waals surface area contributed by atoms with Gasteiger partial charge in [-0.25, -0.2) is 0 Å². The molecule has 0 amide bonds. The zero-order chi connectivity index (χ0) is 9.19. The maximum absolute atomic E-state index is 10.0. The molecular formula is C10H17NO. The third kappa shape index (κ3) is 1.78.